The van der Waals surface area contributed by atoms with Crippen molar-refractivity contribution in [3.05, 3.63) is 29.8 Å². The Morgan fingerprint density at radius 2 is 2.16 bits per heavy atom. The molecule has 0 fully saturated rings. The van der Waals surface area contributed by atoms with Gasteiger partial charge in [-0.05, 0) is 36.1 Å². The smallest absolute Gasteiger partial charge is 0.330 e. The second kappa shape index (κ2) is 7.46. The zero-order chi connectivity index (χ0) is 14.3. The van der Waals surface area contributed by atoms with Gasteiger partial charge in [0.15, 0.2) is 11.5 Å². The van der Waals surface area contributed by atoms with Gasteiger partial charge < -0.3 is 14.6 Å². The van der Waals surface area contributed by atoms with E-state index in [2.05, 4.69) is 13.8 Å². The van der Waals surface area contributed by atoms with Crippen LogP contribution in [0.4, 0.5) is 0 Å². The number of benzene rings is 1. The second-order valence-electron chi connectivity index (χ2n) is 4.61. The van der Waals surface area contributed by atoms with Crippen LogP contribution >= 0.6 is 0 Å². The average Bonchev–Trinajstić information content (AvgIpc) is 2.37. The predicted octanol–water partition coefficient (Wildman–Crippen LogP) is 3.00. The lowest BCUT2D eigenvalue weighted by Crippen LogP contribution is -2.04. The van der Waals surface area contributed by atoms with Crippen molar-refractivity contribution in [1.29, 1.82) is 0 Å². The van der Waals surface area contributed by atoms with Gasteiger partial charge in [-0.25, -0.2) is 4.79 Å². The Labute approximate surface area is 113 Å². The third kappa shape index (κ3) is 5.46. The van der Waals surface area contributed by atoms with Gasteiger partial charge >= 0.3 is 5.97 Å². The Morgan fingerprint density at radius 3 is 2.79 bits per heavy atom. The van der Waals surface area contributed by atoms with Gasteiger partial charge in [0.2, 0.25) is 0 Å². The van der Waals surface area contributed by atoms with Crippen molar-refractivity contribution in [3.63, 3.8) is 0 Å². The van der Waals surface area contributed by atoms with Gasteiger partial charge in [-0.3, -0.25) is 0 Å². The van der Waals surface area contributed by atoms with Crippen LogP contribution in [0.3, 0.4) is 0 Å². The fraction of sp³-hybridized carbons (Fsp3) is 0.400. The lowest BCUT2D eigenvalue weighted by molar-refractivity contribution is -0.137. The van der Waals surface area contributed by atoms with Crippen LogP contribution in [0.1, 0.15) is 25.8 Å². The molecule has 0 amide bonds. The lowest BCUT2D eigenvalue weighted by atomic mass is 10.1. The summed E-state index contributed by atoms with van der Waals surface area (Å²) in [7, 11) is 1.47. The third-order valence-corrected chi connectivity index (χ3v) is 2.56. The van der Waals surface area contributed by atoms with Crippen LogP contribution < -0.4 is 4.74 Å². The summed E-state index contributed by atoms with van der Waals surface area (Å²) in [6.45, 7) is 4.58. The van der Waals surface area contributed by atoms with E-state index in [0.717, 1.165) is 12.0 Å². The number of esters is 1. The maximum absolute atomic E-state index is 11.4. The summed E-state index contributed by atoms with van der Waals surface area (Å²) >= 11 is 0. The molecule has 4 nitrogen and oxygen atoms in total. The molecule has 0 aliphatic carbocycles. The van der Waals surface area contributed by atoms with Crippen LogP contribution in [0.2, 0.25) is 0 Å². The summed E-state index contributed by atoms with van der Waals surface area (Å²) in [5.74, 6) is 0.584. The molecule has 0 saturated carbocycles. The zero-order valence-corrected chi connectivity index (χ0v) is 11.6. The highest BCUT2D eigenvalue weighted by molar-refractivity contribution is 5.87. The van der Waals surface area contributed by atoms with Crippen LogP contribution in [0.25, 0.3) is 6.08 Å². The van der Waals surface area contributed by atoms with E-state index in [-0.39, 0.29) is 11.7 Å². The quantitative estimate of drug-likeness (QED) is 0.634. The summed E-state index contributed by atoms with van der Waals surface area (Å²) in [4.78, 5) is 11.4. The molecule has 0 saturated heterocycles. The first-order valence-electron chi connectivity index (χ1n) is 6.24. The zero-order valence-electron chi connectivity index (χ0n) is 11.6. The molecule has 0 aromatic heterocycles. The molecule has 1 N–H and O–H groups in total. The van der Waals surface area contributed by atoms with E-state index in [1.165, 1.54) is 19.3 Å². The molecular weight excluding hydrogens is 244 g/mol. The van der Waals surface area contributed by atoms with Crippen molar-refractivity contribution >= 4 is 12.0 Å². The molecule has 0 unspecified atom stereocenters. The van der Waals surface area contributed by atoms with E-state index in [4.69, 9.17) is 9.47 Å². The van der Waals surface area contributed by atoms with Crippen LogP contribution in [0.5, 0.6) is 11.5 Å². The predicted molar refractivity (Wildman–Crippen MR) is 74.1 cm³/mol. The number of carbonyl (C=O) groups excluding carboxylic acids is 1. The van der Waals surface area contributed by atoms with Crippen molar-refractivity contribution in [2.24, 2.45) is 5.92 Å². The van der Waals surface area contributed by atoms with E-state index in [1.54, 1.807) is 18.2 Å². The van der Waals surface area contributed by atoms with Crippen LogP contribution in [-0.4, -0.2) is 24.8 Å². The van der Waals surface area contributed by atoms with E-state index in [9.17, 15) is 9.90 Å². The molecule has 0 atom stereocenters. The monoisotopic (exact) mass is 264 g/mol. The number of methoxy groups -OCH3 is 1. The second-order valence-corrected chi connectivity index (χ2v) is 4.61. The van der Waals surface area contributed by atoms with Crippen molar-refractivity contribution in [2.45, 2.75) is 20.3 Å². The minimum Gasteiger partial charge on any atom is -0.504 e. The normalized spacial score (nSPS) is 10.9. The number of phenolic OH excluding ortho intramolecular Hbond substituents is 1. The highest BCUT2D eigenvalue weighted by atomic mass is 16.5. The first-order chi connectivity index (χ1) is 9.02. The van der Waals surface area contributed by atoms with Gasteiger partial charge in [0.25, 0.3) is 0 Å². The summed E-state index contributed by atoms with van der Waals surface area (Å²) in [6, 6.07) is 4.85. The number of ether oxygens (including phenoxy) is 2. The van der Waals surface area contributed by atoms with Gasteiger partial charge in [0.1, 0.15) is 0 Å². The van der Waals surface area contributed by atoms with Crippen molar-refractivity contribution in [3.8, 4) is 11.5 Å². The van der Waals surface area contributed by atoms with E-state index in [0.29, 0.717) is 18.3 Å². The molecule has 104 valence electrons. The fourth-order valence-corrected chi connectivity index (χ4v) is 1.41. The highest BCUT2D eigenvalue weighted by Gasteiger charge is 2.02. The molecule has 0 bridgehead atoms. The summed E-state index contributed by atoms with van der Waals surface area (Å²) in [6.07, 6.45) is 3.85. The Balaban J connectivity index is 2.54. The lowest BCUT2D eigenvalue weighted by Gasteiger charge is -2.05. The van der Waals surface area contributed by atoms with Gasteiger partial charge in [0.05, 0.1) is 13.7 Å². The van der Waals surface area contributed by atoms with Crippen LogP contribution in [-0.2, 0) is 9.53 Å². The highest BCUT2D eigenvalue weighted by Crippen LogP contribution is 2.26. The summed E-state index contributed by atoms with van der Waals surface area (Å²) < 4.78 is 10.0. The molecule has 1 aromatic carbocycles. The molecule has 4 heteroatoms. The summed E-state index contributed by atoms with van der Waals surface area (Å²) in [5.41, 5.74) is 0.760. The first-order valence-corrected chi connectivity index (χ1v) is 6.24. The number of carbonyl (C=O) groups is 1. The van der Waals surface area contributed by atoms with Crippen molar-refractivity contribution in [1.82, 2.24) is 0 Å². The molecule has 1 aromatic rings. The Morgan fingerprint density at radius 1 is 1.42 bits per heavy atom. The Hall–Kier alpha value is -1.97. The van der Waals surface area contributed by atoms with Gasteiger partial charge in [0, 0.05) is 6.08 Å². The van der Waals surface area contributed by atoms with Gasteiger partial charge in [-0.2, -0.15) is 0 Å². The Bertz CT molecular complexity index is 449. The van der Waals surface area contributed by atoms with Crippen molar-refractivity contribution in [2.75, 3.05) is 13.7 Å². The molecule has 1 rings (SSSR count). The molecule has 0 spiro atoms. The number of aromatic hydroxyl groups is 1. The molecule has 19 heavy (non-hydrogen) atoms. The van der Waals surface area contributed by atoms with Crippen LogP contribution in [0.15, 0.2) is 24.3 Å². The van der Waals surface area contributed by atoms with Gasteiger partial charge in [-0.15, -0.1) is 0 Å². The van der Waals surface area contributed by atoms with E-state index >= 15 is 0 Å². The fourth-order valence-electron chi connectivity index (χ4n) is 1.41. The minimum atomic E-state index is -0.368. The molecule has 0 radical (unpaired) electrons. The molecule has 0 aliphatic heterocycles. The Kier molecular flexibility index (Phi) is 5.93. The minimum absolute atomic E-state index is 0.0687. The molecule has 0 heterocycles. The SMILES string of the molecule is COc1cc(/C=C\C(=O)OCCC(C)C)ccc1O. The van der Waals surface area contributed by atoms with E-state index < -0.39 is 0 Å². The number of hydrogen-bond donors (Lipinski definition) is 1. The molecule has 0 aliphatic rings. The first kappa shape index (κ1) is 15.1. The maximum Gasteiger partial charge on any atom is 0.330 e. The summed E-state index contributed by atoms with van der Waals surface area (Å²) in [5, 5.41) is 9.44. The largest absolute Gasteiger partial charge is 0.504 e. The average molecular weight is 264 g/mol. The third-order valence-electron chi connectivity index (χ3n) is 2.56. The number of rotatable bonds is 6. The van der Waals surface area contributed by atoms with Crippen LogP contribution in [0, 0.1) is 5.92 Å². The molecular formula is C15H20O4. The van der Waals surface area contributed by atoms with Gasteiger partial charge in [-0.1, -0.05) is 19.9 Å². The van der Waals surface area contributed by atoms with Crippen molar-refractivity contribution < 1.29 is 19.4 Å². The number of hydrogen-bond acceptors (Lipinski definition) is 4. The van der Waals surface area contributed by atoms with E-state index in [1.807, 2.05) is 0 Å². The maximum atomic E-state index is 11.4. The topological polar surface area (TPSA) is 55.8 Å². The standard InChI is InChI=1S/C15H20O4/c1-11(2)8-9-19-15(17)7-5-12-4-6-13(16)14(10-12)18-3/h4-7,10-11,16H,8-9H2,1-3H3/b7-5-. The number of phenols is 1.